The summed E-state index contributed by atoms with van der Waals surface area (Å²) in [5.41, 5.74) is 1.93. The Bertz CT molecular complexity index is 1220. The van der Waals surface area contributed by atoms with Gasteiger partial charge in [-0.2, -0.15) is 5.26 Å². The van der Waals surface area contributed by atoms with Gasteiger partial charge in [-0.15, -0.1) is 11.3 Å². The average molecular weight is 445 g/mol. The molecule has 0 radical (unpaired) electrons. The SMILES string of the molecule is CC(Sc1ncnc2sc(-c3ccccc3)cc12)C(=O)N(CCC#N)c1ccccc1. The molecule has 7 heteroatoms. The second-order valence-corrected chi connectivity index (χ2v) is 9.23. The molecule has 154 valence electrons. The highest BCUT2D eigenvalue weighted by atomic mass is 32.2. The molecule has 0 fully saturated rings. The maximum atomic E-state index is 13.3. The molecule has 2 aromatic carbocycles. The number of anilines is 1. The summed E-state index contributed by atoms with van der Waals surface area (Å²) < 4.78 is 0. The second-order valence-electron chi connectivity index (χ2n) is 6.87. The van der Waals surface area contributed by atoms with Crippen molar-refractivity contribution in [2.24, 2.45) is 0 Å². The van der Waals surface area contributed by atoms with Gasteiger partial charge in [0.15, 0.2) is 0 Å². The van der Waals surface area contributed by atoms with Crippen LogP contribution < -0.4 is 4.90 Å². The summed E-state index contributed by atoms with van der Waals surface area (Å²) in [6, 6.07) is 23.9. The van der Waals surface area contributed by atoms with Gasteiger partial charge in [-0.05, 0) is 30.7 Å². The molecule has 0 spiro atoms. The molecule has 0 aliphatic carbocycles. The predicted octanol–water partition coefficient (Wildman–Crippen LogP) is 5.79. The van der Waals surface area contributed by atoms with Crippen LogP contribution in [-0.4, -0.2) is 27.7 Å². The lowest BCUT2D eigenvalue weighted by Gasteiger charge is -2.24. The van der Waals surface area contributed by atoms with Gasteiger partial charge in [0.05, 0.1) is 17.7 Å². The Balaban J connectivity index is 1.60. The Morgan fingerprint density at radius 1 is 1.13 bits per heavy atom. The molecule has 4 aromatic rings. The summed E-state index contributed by atoms with van der Waals surface area (Å²) in [7, 11) is 0. The largest absolute Gasteiger partial charge is 0.310 e. The molecule has 0 saturated heterocycles. The lowest BCUT2D eigenvalue weighted by molar-refractivity contribution is -0.117. The van der Waals surface area contributed by atoms with E-state index < -0.39 is 0 Å². The van der Waals surface area contributed by atoms with Crippen molar-refractivity contribution >= 4 is 44.9 Å². The molecular formula is C24H20N4OS2. The first-order valence-corrected chi connectivity index (χ1v) is 11.6. The summed E-state index contributed by atoms with van der Waals surface area (Å²) in [6.45, 7) is 2.24. The quantitative estimate of drug-likeness (QED) is 0.267. The molecule has 5 nitrogen and oxygen atoms in total. The summed E-state index contributed by atoms with van der Waals surface area (Å²) in [5.74, 6) is -0.0447. The lowest BCUT2D eigenvalue weighted by atomic mass is 10.2. The van der Waals surface area contributed by atoms with Crippen LogP contribution in [0.15, 0.2) is 78.1 Å². The Morgan fingerprint density at radius 2 is 1.84 bits per heavy atom. The number of amides is 1. The van der Waals surface area contributed by atoms with Crippen molar-refractivity contribution in [3.05, 3.63) is 73.1 Å². The van der Waals surface area contributed by atoms with Crippen molar-refractivity contribution in [3.8, 4) is 16.5 Å². The first-order valence-electron chi connectivity index (χ1n) is 9.87. The maximum Gasteiger partial charge on any atom is 0.240 e. The third-order valence-electron chi connectivity index (χ3n) is 4.77. The fourth-order valence-corrected chi connectivity index (χ4v) is 5.27. The third kappa shape index (κ3) is 4.76. The molecule has 1 amide bonds. The molecule has 2 aromatic heterocycles. The summed E-state index contributed by atoms with van der Waals surface area (Å²) in [6.07, 6.45) is 1.83. The van der Waals surface area contributed by atoms with E-state index in [0.29, 0.717) is 6.54 Å². The smallest absolute Gasteiger partial charge is 0.240 e. The molecule has 0 bridgehead atoms. The first-order chi connectivity index (χ1) is 15.2. The van der Waals surface area contributed by atoms with Gasteiger partial charge in [0.1, 0.15) is 16.2 Å². The lowest BCUT2D eigenvalue weighted by Crippen LogP contribution is -2.37. The summed E-state index contributed by atoms with van der Waals surface area (Å²) in [4.78, 5) is 25.9. The van der Waals surface area contributed by atoms with Gasteiger partial charge in [0.2, 0.25) is 5.91 Å². The molecule has 0 aliphatic heterocycles. The molecule has 1 unspecified atom stereocenters. The fourth-order valence-electron chi connectivity index (χ4n) is 3.25. The van der Waals surface area contributed by atoms with E-state index in [0.717, 1.165) is 31.4 Å². The van der Waals surface area contributed by atoms with Crippen molar-refractivity contribution in [1.82, 2.24) is 9.97 Å². The number of nitriles is 1. The van der Waals surface area contributed by atoms with Crippen LogP contribution in [0, 0.1) is 11.3 Å². The van der Waals surface area contributed by atoms with E-state index in [1.807, 2.05) is 55.5 Å². The highest BCUT2D eigenvalue weighted by Crippen LogP contribution is 2.37. The minimum atomic E-state index is -0.364. The van der Waals surface area contributed by atoms with E-state index in [2.05, 4.69) is 34.2 Å². The topological polar surface area (TPSA) is 69.9 Å². The number of hydrogen-bond acceptors (Lipinski definition) is 6. The fraction of sp³-hybridized carbons (Fsp3) is 0.167. The van der Waals surface area contributed by atoms with Crippen LogP contribution >= 0.6 is 23.1 Å². The Hall–Kier alpha value is -3.21. The van der Waals surface area contributed by atoms with Gasteiger partial charge in [0.25, 0.3) is 0 Å². The zero-order valence-corrected chi connectivity index (χ0v) is 18.6. The number of thiophene rings is 1. The second kappa shape index (κ2) is 9.73. The monoisotopic (exact) mass is 444 g/mol. The number of nitrogens with zero attached hydrogens (tertiary/aromatic N) is 4. The van der Waals surface area contributed by atoms with Crippen molar-refractivity contribution in [1.29, 1.82) is 5.26 Å². The van der Waals surface area contributed by atoms with Gasteiger partial charge in [-0.1, -0.05) is 60.3 Å². The number of aromatic nitrogens is 2. The number of hydrogen-bond donors (Lipinski definition) is 0. The van der Waals surface area contributed by atoms with Gasteiger partial charge in [-0.25, -0.2) is 9.97 Å². The minimum Gasteiger partial charge on any atom is -0.310 e. The van der Waals surface area contributed by atoms with E-state index in [1.165, 1.54) is 11.8 Å². The number of para-hydroxylation sites is 1. The number of carbonyl (C=O) groups excluding carboxylic acids is 1. The highest BCUT2D eigenvalue weighted by Gasteiger charge is 2.24. The number of fused-ring (bicyclic) bond motifs is 1. The molecular weight excluding hydrogens is 424 g/mol. The Morgan fingerprint density at radius 3 is 2.55 bits per heavy atom. The molecule has 0 saturated carbocycles. The Kier molecular flexibility index (Phi) is 6.60. The van der Waals surface area contributed by atoms with Crippen LogP contribution in [0.4, 0.5) is 5.69 Å². The van der Waals surface area contributed by atoms with E-state index in [-0.39, 0.29) is 17.6 Å². The van der Waals surface area contributed by atoms with E-state index in [4.69, 9.17) is 5.26 Å². The van der Waals surface area contributed by atoms with Crippen LogP contribution in [-0.2, 0) is 4.79 Å². The third-order valence-corrected chi connectivity index (χ3v) is 6.96. The van der Waals surface area contributed by atoms with Crippen molar-refractivity contribution in [2.75, 3.05) is 11.4 Å². The van der Waals surface area contributed by atoms with Crippen LogP contribution in [0.5, 0.6) is 0 Å². The Labute approximate surface area is 189 Å². The normalized spacial score (nSPS) is 11.7. The van der Waals surface area contributed by atoms with Crippen molar-refractivity contribution in [3.63, 3.8) is 0 Å². The van der Waals surface area contributed by atoms with E-state index in [1.54, 1.807) is 22.6 Å². The van der Waals surface area contributed by atoms with Crippen LogP contribution in [0.25, 0.3) is 20.7 Å². The van der Waals surface area contributed by atoms with E-state index in [9.17, 15) is 4.79 Å². The highest BCUT2D eigenvalue weighted by molar-refractivity contribution is 8.00. The first kappa shape index (κ1) is 21.0. The van der Waals surface area contributed by atoms with Gasteiger partial charge < -0.3 is 4.90 Å². The molecule has 4 rings (SSSR count). The van der Waals surface area contributed by atoms with Crippen LogP contribution in [0.3, 0.4) is 0 Å². The maximum absolute atomic E-state index is 13.3. The minimum absolute atomic E-state index is 0.0447. The number of carbonyl (C=O) groups is 1. The van der Waals surface area contributed by atoms with Gasteiger partial charge >= 0.3 is 0 Å². The molecule has 1 atom stereocenters. The van der Waals surface area contributed by atoms with E-state index >= 15 is 0 Å². The predicted molar refractivity (Wildman–Crippen MR) is 127 cm³/mol. The molecule has 0 aliphatic rings. The summed E-state index contributed by atoms with van der Waals surface area (Å²) in [5, 5.41) is 10.4. The zero-order chi connectivity index (χ0) is 21.6. The van der Waals surface area contributed by atoms with Crippen molar-refractivity contribution < 1.29 is 4.79 Å². The number of benzene rings is 2. The average Bonchev–Trinajstić information content (AvgIpc) is 3.26. The van der Waals surface area contributed by atoms with Gasteiger partial charge in [-0.3, -0.25) is 4.79 Å². The van der Waals surface area contributed by atoms with Crippen LogP contribution in [0.2, 0.25) is 0 Å². The number of rotatable bonds is 7. The molecule has 0 N–H and O–H groups in total. The summed E-state index contributed by atoms with van der Waals surface area (Å²) >= 11 is 3.05. The molecule has 31 heavy (non-hydrogen) atoms. The van der Waals surface area contributed by atoms with Crippen LogP contribution in [0.1, 0.15) is 13.3 Å². The van der Waals surface area contributed by atoms with Crippen molar-refractivity contribution in [2.45, 2.75) is 23.6 Å². The zero-order valence-electron chi connectivity index (χ0n) is 16.9. The standard InChI is InChI=1S/C24H20N4OS2/c1-17(24(29)28(14-8-13-25)19-11-6-3-7-12-19)30-22-20-15-21(18-9-4-2-5-10-18)31-23(20)27-16-26-22/h2-7,9-12,15-17H,8,14H2,1H3. The van der Waals surface area contributed by atoms with Gasteiger partial charge in [0, 0.05) is 22.5 Å². The molecule has 2 heterocycles. The number of thioether (sulfide) groups is 1.